The molecular formula is C21H24N2O2S. The van der Waals surface area contributed by atoms with E-state index in [4.69, 9.17) is 17.0 Å². The molecule has 0 bridgehead atoms. The molecule has 0 aliphatic carbocycles. The number of nitrogens with one attached hydrogen (secondary N) is 1. The maximum Gasteiger partial charge on any atom is 0.264 e. The molecule has 0 unspecified atom stereocenters. The van der Waals surface area contributed by atoms with Crippen molar-refractivity contribution in [3.8, 4) is 5.75 Å². The fourth-order valence-electron chi connectivity index (χ4n) is 2.96. The van der Waals surface area contributed by atoms with Crippen molar-refractivity contribution in [2.24, 2.45) is 5.92 Å². The summed E-state index contributed by atoms with van der Waals surface area (Å²) in [4.78, 5) is 14.5. The molecule has 1 saturated heterocycles. The van der Waals surface area contributed by atoms with Crippen LogP contribution in [0, 0.1) is 12.8 Å². The molecule has 1 aliphatic rings. The van der Waals surface area contributed by atoms with Gasteiger partial charge in [0.2, 0.25) is 0 Å². The van der Waals surface area contributed by atoms with Gasteiger partial charge in [-0.1, -0.05) is 19.1 Å². The van der Waals surface area contributed by atoms with Crippen molar-refractivity contribution in [1.29, 1.82) is 0 Å². The van der Waals surface area contributed by atoms with Gasteiger partial charge < -0.3 is 15.0 Å². The molecule has 0 radical (unpaired) electrons. The van der Waals surface area contributed by atoms with Gasteiger partial charge in [0.05, 0.1) is 0 Å². The van der Waals surface area contributed by atoms with Crippen molar-refractivity contribution < 1.29 is 9.53 Å². The minimum Gasteiger partial charge on any atom is -0.432 e. The van der Waals surface area contributed by atoms with Crippen LogP contribution in [0.1, 0.15) is 35.7 Å². The second kappa shape index (κ2) is 8.32. The van der Waals surface area contributed by atoms with Gasteiger partial charge in [-0.3, -0.25) is 4.79 Å². The summed E-state index contributed by atoms with van der Waals surface area (Å²) >= 11 is 5.40. The van der Waals surface area contributed by atoms with Gasteiger partial charge in [0.15, 0.2) is 0 Å². The molecule has 2 aromatic carbocycles. The molecule has 0 aromatic heterocycles. The van der Waals surface area contributed by atoms with Crippen LogP contribution in [-0.2, 0) is 0 Å². The van der Waals surface area contributed by atoms with E-state index in [1.54, 1.807) is 24.3 Å². The molecule has 1 aliphatic heterocycles. The summed E-state index contributed by atoms with van der Waals surface area (Å²) in [7, 11) is 0. The molecule has 136 valence electrons. The normalized spacial score (nSPS) is 14.8. The number of thiocarbonyl (C=S) groups is 1. The first kappa shape index (κ1) is 18.4. The molecule has 0 saturated carbocycles. The Morgan fingerprint density at radius 2 is 1.85 bits per heavy atom. The average Bonchev–Trinajstić information content (AvgIpc) is 2.63. The summed E-state index contributed by atoms with van der Waals surface area (Å²) in [6.45, 7) is 6.14. The zero-order valence-electron chi connectivity index (χ0n) is 15.2. The third kappa shape index (κ3) is 4.82. The van der Waals surface area contributed by atoms with Gasteiger partial charge in [0.25, 0.3) is 11.1 Å². The third-order valence-corrected chi connectivity index (χ3v) is 4.98. The van der Waals surface area contributed by atoms with Gasteiger partial charge in [-0.15, -0.1) is 0 Å². The van der Waals surface area contributed by atoms with E-state index in [0.717, 1.165) is 43.1 Å². The zero-order valence-corrected chi connectivity index (χ0v) is 16.0. The first-order valence-electron chi connectivity index (χ1n) is 8.96. The lowest BCUT2D eigenvalue weighted by atomic mass is 10.00. The SMILES string of the molecule is Cc1cccc(NC(=O)c2ccc(OC(=S)N3CCC(C)CC3)cc2)c1. The predicted octanol–water partition coefficient (Wildman–Crippen LogP) is 4.64. The molecule has 0 spiro atoms. The van der Waals surface area contributed by atoms with Crippen molar-refractivity contribution >= 4 is 29.0 Å². The summed E-state index contributed by atoms with van der Waals surface area (Å²) in [6.07, 6.45) is 2.28. The molecule has 0 atom stereocenters. The highest BCUT2D eigenvalue weighted by molar-refractivity contribution is 7.80. The smallest absolute Gasteiger partial charge is 0.264 e. The highest BCUT2D eigenvalue weighted by Crippen LogP contribution is 2.19. The summed E-state index contributed by atoms with van der Waals surface area (Å²) in [5.41, 5.74) is 2.47. The van der Waals surface area contributed by atoms with Crippen molar-refractivity contribution in [3.05, 3.63) is 59.7 Å². The van der Waals surface area contributed by atoms with Crippen LogP contribution in [0.3, 0.4) is 0 Å². The fourth-order valence-corrected chi connectivity index (χ4v) is 3.24. The lowest BCUT2D eigenvalue weighted by Gasteiger charge is -2.31. The molecule has 4 nitrogen and oxygen atoms in total. The summed E-state index contributed by atoms with van der Waals surface area (Å²) in [5, 5.41) is 3.41. The van der Waals surface area contributed by atoms with Gasteiger partial charge in [-0.25, -0.2) is 0 Å². The van der Waals surface area contributed by atoms with Crippen LogP contribution in [0.4, 0.5) is 5.69 Å². The number of carbonyl (C=O) groups is 1. The number of benzene rings is 2. The number of aryl methyl sites for hydroxylation is 1. The summed E-state index contributed by atoms with van der Waals surface area (Å²) in [5.74, 6) is 1.26. The van der Waals surface area contributed by atoms with Crippen LogP contribution < -0.4 is 10.1 Å². The molecule has 3 rings (SSSR count). The summed E-state index contributed by atoms with van der Waals surface area (Å²) in [6, 6.07) is 14.8. The Kier molecular flexibility index (Phi) is 5.89. The molecule has 5 heteroatoms. The maximum atomic E-state index is 12.4. The van der Waals surface area contributed by atoms with E-state index in [1.165, 1.54) is 0 Å². The Balaban J connectivity index is 1.57. The van der Waals surface area contributed by atoms with E-state index < -0.39 is 0 Å². The highest BCUT2D eigenvalue weighted by atomic mass is 32.1. The number of piperidine rings is 1. The number of carbonyl (C=O) groups excluding carboxylic acids is 1. The fraction of sp³-hybridized carbons (Fsp3) is 0.333. The van der Waals surface area contributed by atoms with Crippen molar-refractivity contribution in [3.63, 3.8) is 0 Å². The zero-order chi connectivity index (χ0) is 18.5. The number of hydrogen-bond donors (Lipinski definition) is 1. The molecule has 1 fully saturated rings. The van der Waals surface area contributed by atoms with Crippen LogP contribution in [0.15, 0.2) is 48.5 Å². The van der Waals surface area contributed by atoms with Gasteiger partial charge in [0, 0.05) is 24.3 Å². The number of ether oxygens (including phenoxy) is 1. The van der Waals surface area contributed by atoms with Crippen LogP contribution in [-0.4, -0.2) is 29.1 Å². The number of rotatable bonds is 3. The monoisotopic (exact) mass is 368 g/mol. The second-order valence-corrected chi connectivity index (χ2v) is 7.23. The van der Waals surface area contributed by atoms with Crippen LogP contribution >= 0.6 is 12.2 Å². The first-order valence-corrected chi connectivity index (χ1v) is 9.37. The number of hydrogen-bond acceptors (Lipinski definition) is 3. The van der Waals surface area contributed by atoms with Crippen LogP contribution in [0.25, 0.3) is 0 Å². The van der Waals surface area contributed by atoms with Crippen LogP contribution in [0.5, 0.6) is 5.75 Å². The Morgan fingerprint density at radius 1 is 1.15 bits per heavy atom. The van der Waals surface area contributed by atoms with Crippen LogP contribution in [0.2, 0.25) is 0 Å². The van der Waals surface area contributed by atoms with Crippen molar-refractivity contribution in [1.82, 2.24) is 4.90 Å². The van der Waals surface area contributed by atoms with E-state index in [9.17, 15) is 4.79 Å². The van der Waals surface area contributed by atoms with E-state index in [-0.39, 0.29) is 5.91 Å². The predicted molar refractivity (Wildman–Crippen MR) is 109 cm³/mol. The molecular weight excluding hydrogens is 344 g/mol. The molecule has 26 heavy (non-hydrogen) atoms. The standard InChI is InChI=1S/C21H24N2O2S/c1-15-10-12-23(13-11-15)21(26)25-19-8-6-17(7-9-19)20(24)22-18-5-3-4-16(2)14-18/h3-9,14-15H,10-13H2,1-2H3,(H,22,24). The van der Waals surface area contributed by atoms with E-state index in [0.29, 0.717) is 16.5 Å². The number of amides is 1. The second-order valence-electron chi connectivity index (χ2n) is 6.89. The maximum absolute atomic E-state index is 12.4. The van der Waals surface area contributed by atoms with Gasteiger partial charge in [-0.2, -0.15) is 0 Å². The molecule has 2 aromatic rings. The lowest BCUT2D eigenvalue weighted by Crippen LogP contribution is -2.39. The third-order valence-electron chi connectivity index (χ3n) is 4.64. The largest absolute Gasteiger partial charge is 0.432 e. The Labute approximate surface area is 160 Å². The molecule has 1 heterocycles. The highest BCUT2D eigenvalue weighted by Gasteiger charge is 2.19. The molecule has 1 amide bonds. The topological polar surface area (TPSA) is 41.6 Å². The average molecular weight is 369 g/mol. The first-order chi connectivity index (χ1) is 12.5. The van der Waals surface area contributed by atoms with Gasteiger partial charge in [0.1, 0.15) is 5.75 Å². The summed E-state index contributed by atoms with van der Waals surface area (Å²) < 4.78 is 5.78. The van der Waals surface area contributed by atoms with E-state index in [1.807, 2.05) is 31.2 Å². The Hall–Kier alpha value is -2.40. The van der Waals surface area contributed by atoms with E-state index in [2.05, 4.69) is 17.1 Å². The van der Waals surface area contributed by atoms with Crippen molar-refractivity contribution in [2.45, 2.75) is 26.7 Å². The molecule has 1 N–H and O–H groups in total. The van der Waals surface area contributed by atoms with Gasteiger partial charge >= 0.3 is 0 Å². The van der Waals surface area contributed by atoms with Gasteiger partial charge in [-0.05, 0) is 79.9 Å². The lowest BCUT2D eigenvalue weighted by molar-refractivity contribution is 0.102. The minimum absolute atomic E-state index is 0.144. The number of anilines is 1. The number of nitrogens with zero attached hydrogens (tertiary/aromatic N) is 1. The van der Waals surface area contributed by atoms with Crippen molar-refractivity contribution in [2.75, 3.05) is 18.4 Å². The Bertz CT molecular complexity index is 781. The minimum atomic E-state index is -0.144. The number of likely N-dealkylation sites (tertiary alicyclic amines) is 1. The van der Waals surface area contributed by atoms with E-state index >= 15 is 0 Å². The Morgan fingerprint density at radius 3 is 2.50 bits per heavy atom. The quantitative estimate of drug-likeness (QED) is 0.801.